The number of hydrogen-bond donors (Lipinski definition) is 1. The number of amides is 1. The molecule has 140 valence electrons. The van der Waals surface area contributed by atoms with Crippen LogP contribution in [0.3, 0.4) is 0 Å². The lowest BCUT2D eigenvalue weighted by Crippen LogP contribution is -2.30. The van der Waals surface area contributed by atoms with Crippen LogP contribution in [-0.2, 0) is 9.53 Å². The second-order valence-electron chi connectivity index (χ2n) is 6.58. The molecule has 0 saturated heterocycles. The molecular weight excluding hydrogens is 342 g/mol. The second-order valence-corrected chi connectivity index (χ2v) is 6.58. The summed E-state index contributed by atoms with van der Waals surface area (Å²) >= 11 is 0. The highest BCUT2D eigenvalue weighted by atomic mass is 16.6. The van der Waals surface area contributed by atoms with E-state index in [2.05, 4.69) is 19.2 Å². The number of para-hydroxylation sites is 2. The first kappa shape index (κ1) is 18.7. The Hall–Kier alpha value is -3.08. The van der Waals surface area contributed by atoms with Crippen molar-refractivity contribution in [2.24, 2.45) is 0 Å². The van der Waals surface area contributed by atoms with Gasteiger partial charge in [-0.1, -0.05) is 50.2 Å². The number of carbonyl (C=O) groups excluding carboxylic acids is 2. The van der Waals surface area contributed by atoms with Crippen molar-refractivity contribution in [2.75, 3.05) is 5.32 Å². The van der Waals surface area contributed by atoms with E-state index in [0.29, 0.717) is 11.5 Å². The molecule has 1 N–H and O–H groups in total. The van der Waals surface area contributed by atoms with Crippen molar-refractivity contribution in [3.05, 3.63) is 65.9 Å². The maximum Gasteiger partial charge on any atom is 0.375 e. The fourth-order valence-corrected chi connectivity index (χ4v) is 2.85. The summed E-state index contributed by atoms with van der Waals surface area (Å²) in [5.74, 6) is -0.648. The topological polar surface area (TPSA) is 68.5 Å². The molecule has 0 bridgehead atoms. The van der Waals surface area contributed by atoms with Crippen molar-refractivity contribution < 1.29 is 18.7 Å². The quantitative estimate of drug-likeness (QED) is 0.615. The lowest BCUT2D eigenvalue weighted by atomic mass is 9.97. The molecule has 3 rings (SSSR count). The minimum absolute atomic E-state index is 0.0795. The summed E-state index contributed by atoms with van der Waals surface area (Å²) in [6, 6.07) is 16.6. The zero-order valence-electron chi connectivity index (χ0n) is 15.7. The Balaban J connectivity index is 1.68. The van der Waals surface area contributed by atoms with E-state index in [0.717, 1.165) is 23.1 Å². The first-order valence-electron chi connectivity index (χ1n) is 9.09. The van der Waals surface area contributed by atoms with Gasteiger partial charge in [0, 0.05) is 11.1 Å². The number of rotatable bonds is 6. The summed E-state index contributed by atoms with van der Waals surface area (Å²) in [7, 11) is 0. The van der Waals surface area contributed by atoms with Gasteiger partial charge in [-0.25, -0.2) is 4.79 Å². The van der Waals surface area contributed by atoms with Gasteiger partial charge in [0.1, 0.15) is 5.58 Å². The Kier molecular flexibility index (Phi) is 5.60. The lowest BCUT2D eigenvalue weighted by Gasteiger charge is -2.17. The van der Waals surface area contributed by atoms with E-state index < -0.39 is 12.1 Å². The number of nitrogens with one attached hydrogen (secondary N) is 1. The van der Waals surface area contributed by atoms with Gasteiger partial charge < -0.3 is 14.5 Å². The van der Waals surface area contributed by atoms with Crippen molar-refractivity contribution in [3.8, 4) is 0 Å². The van der Waals surface area contributed by atoms with E-state index in [4.69, 9.17) is 9.15 Å². The van der Waals surface area contributed by atoms with Gasteiger partial charge in [-0.15, -0.1) is 0 Å². The van der Waals surface area contributed by atoms with Crippen LogP contribution >= 0.6 is 0 Å². The SMILES string of the molecule is CC[C@@H](C)c1ccccc1NC(=O)[C@@H](C)OC(=O)c1cc2ccccc2o1. The molecule has 0 aliphatic rings. The molecule has 0 aliphatic heterocycles. The number of benzene rings is 2. The predicted octanol–water partition coefficient (Wildman–Crippen LogP) is 5.13. The van der Waals surface area contributed by atoms with Crippen LogP contribution in [0.2, 0.25) is 0 Å². The molecule has 0 fully saturated rings. The molecule has 0 spiro atoms. The van der Waals surface area contributed by atoms with Gasteiger partial charge in [-0.05, 0) is 43.0 Å². The fraction of sp³-hybridized carbons (Fsp3) is 0.273. The Bertz CT molecular complexity index is 927. The van der Waals surface area contributed by atoms with Gasteiger partial charge in [0.25, 0.3) is 5.91 Å². The Morgan fingerprint density at radius 1 is 1.07 bits per heavy atom. The van der Waals surface area contributed by atoms with Crippen molar-refractivity contribution in [3.63, 3.8) is 0 Å². The van der Waals surface area contributed by atoms with Crippen molar-refractivity contribution in [1.29, 1.82) is 0 Å². The van der Waals surface area contributed by atoms with Crippen molar-refractivity contribution in [1.82, 2.24) is 0 Å². The first-order chi connectivity index (χ1) is 13.0. The number of fused-ring (bicyclic) bond motifs is 1. The third-order valence-electron chi connectivity index (χ3n) is 4.64. The molecule has 1 amide bonds. The highest BCUT2D eigenvalue weighted by Gasteiger charge is 2.22. The summed E-state index contributed by atoms with van der Waals surface area (Å²) in [6.07, 6.45) is 0.0134. The molecule has 27 heavy (non-hydrogen) atoms. The highest BCUT2D eigenvalue weighted by Crippen LogP contribution is 2.27. The molecule has 0 unspecified atom stereocenters. The molecule has 1 aromatic heterocycles. The summed E-state index contributed by atoms with van der Waals surface area (Å²) in [6.45, 7) is 5.75. The number of hydrogen-bond acceptors (Lipinski definition) is 4. The monoisotopic (exact) mass is 365 g/mol. The van der Waals surface area contributed by atoms with Crippen molar-refractivity contribution >= 4 is 28.5 Å². The van der Waals surface area contributed by atoms with E-state index in [1.807, 2.05) is 42.5 Å². The van der Waals surface area contributed by atoms with E-state index in [-0.39, 0.29) is 11.7 Å². The number of carbonyl (C=O) groups is 2. The number of furan rings is 1. The Morgan fingerprint density at radius 2 is 1.78 bits per heavy atom. The Morgan fingerprint density at radius 3 is 2.52 bits per heavy atom. The molecule has 5 heteroatoms. The standard InChI is InChI=1S/C22H23NO4/c1-4-14(2)17-10-6-7-11-18(17)23-21(24)15(3)26-22(25)20-13-16-9-5-8-12-19(16)27-20/h5-15H,4H2,1-3H3,(H,23,24)/t14-,15-/m1/s1. The highest BCUT2D eigenvalue weighted by molar-refractivity contribution is 5.98. The number of esters is 1. The van der Waals surface area contributed by atoms with Crippen molar-refractivity contribution in [2.45, 2.75) is 39.2 Å². The van der Waals surface area contributed by atoms with Crippen LogP contribution in [0, 0.1) is 0 Å². The molecule has 0 radical (unpaired) electrons. The smallest absolute Gasteiger partial charge is 0.375 e. The summed E-state index contributed by atoms with van der Waals surface area (Å²) in [5.41, 5.74) is 2.40. The average molecular weight is 365 g/mol. The van der Waals surface area contributed by atoms with Crippen LogP contribution in [0.5, 0.6) is 0 Å². The molecular formula is C22H23NO4. The maximum absolute atomic E-state index is 12.5. The number of anilines is 1. The molecule has 0 saturated carbocycles. The van der Waals surface area contributed by atoms with Gasteiger partial charge in [0.15, 0.2) is 6.10 Å². The lowest BCUT2D eigenvalue weighted by molar-refractivity contribution is -0.123. The van der Waals surface area contributed by atoms with E-state index in [9.17, 15) is 9.59 Å². The predicted molar refractivity (Wildman–Crippen MR) is 105 cm³/mol. The maximum atomic E-state index is 12.5. The Labute approximate surface area is 158 Å². The van der Waals surface area contributed by atoms with Crippen LogP contribution in [0.4, 0.5) is 5.69 Å². The van der Waals surface area contributed by atoms with E-state index >= 15 is 0 Å². The van der Waals surface area contributed by atoms with Gasteiger partial charge in [0.05, 0.1) is 0 Å². The van der Waals surface area contributed by atoms with Crippen LogP contribution in [0.15, 0.2) is 59.0 Å². The third-order valence-corrected chi connectivity index (χ3v) is 4.64. The molecule has 1 heterocycles. The largest absolute Gasteiger partial charge is 0.449 e. The second kappa shape index (κ2) is 8.08. The zero-order chi connectivity index (χ0) is 19.4. The molecule has 2 aromatic carbocycles. The molecule has 2 atom stereocenters. The molecule has 5 nitrogen and oxygen atoms in total. The fourth-order valence-electron chi connectivity index (χ4n) is 2.85. The van der Waals surface area contributed by atoms with E-state index in [1.54, 1.807) is 19.1 Å². The third kappa shape index (κ3) is 4.19. The average Bonchev–Trinajstić information content (AvgIpc) is 3.12. The van der Waals surface area contributed by atoms with E-state index in [1.165, 1.54) is 0 Å². The summed E-state index contributed by atoms with van der Waals surface area (Å²) in [4.78, 5) is 24.8. The minimum atomic E-state index is -0.948. The van der Waals surface area contributed by atoms with Crippen LogP contribution in [-0.4, -0.2) is 18.0 Å². The zero-order valence-corrected chi connectivity index (χ0v) is 15.7. The number of ether oxygens (including phenoxy) is 1. The summed E-state index contributed by atoms with van der Waals surface area (Å²) in [5, 5.41) is 3.67. The molecule has 3 aromatic rings. The van der Waals surface area contributed by atoms with Crippen LogP contribution < -0.4 is 5.32 Å². The van der Waals surface area contributed by atoms with Gasteiger partial charge >= 0.3 is 5.97 Å². The van der Waals surface area contributed by atoms with Crippen LogP contribution in [0.1, 0.15) is 49.2 Å². The normalized spacial score (nSPS) is 13.1. The molecule has 0 aliphatic carbocycles. The van der Waals surface area contributed by atoms with Gasteiger partial charge in [-0.3, -0.25) is 4.79 Å². The van der Waals surface area contributed by atoms with Gasteiger partial charge in [0.2, 0.25) is 5.76 Å². The minimum Gasteiger partial charge on any atom is -0.449 e. The van der Waals surface area contributed by atoms with Gasteiger partial charge in [-0.2, -0.15) is 0 Å². The first-order valence-corrected chi connectivity index (χ1v) is 9.09. The van der Waals surface area contributed by atoms with Crippen LogP contribution in [0.25, 0.3) is 11.0 Å². The summed E-state index contributed by atoms with van der Waals surface area (Å²) < 4.78 is 10.8.